The molecule has 19 heavy (non-hydrogen) atoms. The second-order valence-corrected chi connectivity index (χ2v) is 9.69. The number of halogens is 1. The topological polar surface area (TPSA) is 37.4 Å². The Kier molecular flexibility index (Phi) is 4.65. The van der Waals surface area contributed by atoms with Gasteiger partial charge in [-0.1, -0.05) is 35.8 Å². The first-order valence-electron chi connectivity index (χ1n) is 6.22. The van der Waals surface area contributed by atoms with Crippen molar-refractivity contribution in [2.75, 3.05) is 13.1 Å². The van der Waals surface area contributed by atoms with Crippen molar-refractivity contribution in [3.8, 4) is 0 Å². The van der Waals surface area contributed by atoms with Gasteiger partial charge in [0, 0.05) is 28.1 Å². The molecule has 1 heterocycles. The summed E-state index contributed by atoms with van der Waals surface area (Å²) in [5, 5.41) is 0.678. The summed E-state index contributed by atoms with van der Waals surface area (Å²) in [4.78, 5) is 0.410. The number of aryl methyl sites for hydroxylation is 1. The molecule has 3 nitrogen and oxygen atoms in total. The number of hydrogen-bond acceptors (Lipinski definition) is 3. The van der Waals surface area contributed by atoms with E-state index in [0.29, 0.717) is 28.5 Å². The molecule has 0 spiro atoms. The minimum Gasteiger partial charge on any atom is -0.207 e. The molecule has 1 aliphatic heterocycles. The lowest BCUT2D eigenvalue weighted by molar-refractivity contribution is 0.404. The van der Waals surface area contributed by atoms with Gasteiger partial charge in [0.2, 0.25) is 10.0 Å². The van der Waals surface area contributed by atoms with E-state index < -0.39 is 10.0 Å². The summed E-state index contributed by atoms with van der Waals surface area (Å²) in [7, 11) is -3.39. The zero-order valence-corrected chi connectivity index (χ0v) is 14.5. The lowest BCUT2D eigenvalue weighted by atomic mass is 10.2. The summed E-state index contributed by atoms with van der Waals surface area (Å²) in [5.41, 5.74) is 0.793. The Bertz CT molecular complexity index is 564. The number of rotatable bonds is 2. The van der Waals surface area contributed by atoms with Crippen molar-refractivity contribution in [2.24, 2.45) is 0 Å². The second-order valence-electron chi connectivity index (χ2n) is 4.99. The predicted molar refractivity (Wildman–Crippen MR) is 84.2 cm³/mol. The Labute approximate surface area is 127 Å². The number of benzene rings is 1. The summed E-state index contributed by atoms with van der Waals surface area (Å²) in [6, 6.07) is 5.40. The zero-order valence-electron chi connectivity index (χ0n) is 11.3. The van der Waals surface area contributed by atoms with E-state index in [4.69, 9.17) is 0 Å². The van der Waals surface area contributed by atoms with E-state index in [9.17, 15) is 8.42 Å². The summed E-state index contributed by atoms with van der Waals surface area (Å²) >= 11 is 5.20. The molecule has 0 N–H and O–H groups in total. The van der Waals surface area contributed by atoms with Crippen LogP contribution in [0.3, 0.4) is 0 Å². The van der Waals surface area contributed by atoms with Gasteiger partial charge in [-0.25, -0.2) is 8.42 Å². The lowest BCUT2D eigenvalue weighted by Crippen LogP contribution is -2.44. The quantitative estimate of drug-likeness (QED) is 0.808. The largest absolute Gasteiger partial charge is 0.243 e. The molecule has 1 fully saturated rings. The van der Waals surface area contributed by atoms with Gasteiger partial charge in [0.1, 0.15) is 0 Å². The molecule has 0 aromatic heterocycles. The number of sulfonamides is 1. The molecule has 0 saturated carbocycles. The summed E-state index contributed by atoms with van der Waals surface area (Å²) < 4.78 is 27.9. The molecular formula is C13H18BrNO2S2. The zero-order chi connectivity index (χ0) is 14.2. The van der Waals surface area contributed by atoms with E-state index in [1.54, 1.807) is 10.4 Å². The van der Waals surface area contributed by atoms with E-state index in [1.165, 1.54) is 0 Å². The lowest BCUT2D eigenvalue weighted by Gasteiger charge is -2.34. The van der Waals surface area contributed by atoms with Crippen LogP contribution >= 0.6 is 27.7 Å². The van der Waals surface area contributed by atoms with Crippen molar-refractivity contribution in [3.63, 3.8) is 0 Å². The molecule has 1 saturated heterocycles. The van der Waals surface area contributed by atoms with Crippen LogP contribution in [-0.4, -0.2) is 36.3 Å². The Morgan fingerprint density at radius 2 is 1.84 bits per heavy atom. The fourth-order valence-corrected chi connectivity index (χ4v) is 6.21. The average molecular weight is 364 g/mol. The van der Waals surface area contributed by atoms with Gasteiger partial charge in [0.15, 0.2) is 0 Å². The fourth-order valence-electron chi connectivity index (χ4n) is 2.32. The first-order chi connectivity index (χ1) is 8.80. The van der Waals surface area contributed by atoms with Crippen LogP contribution in [0.15, 0.2) is 27.6 Å². The second kappa shape index (κ2) is 5.76. The first kappa shape index (κ1) is 15.4. The van der Waals surface area contributed by atoms with Gasteiger partial charge in [0.05, 0.1) is 4.90 Å². The van der Waals surface area contributed by atoms with Crippen molar-refractivity contribution in [1.82, 2.24) is 4.31 Å². The molecular weight excluding hydrogens is 346 g/mol. The van der Waals surface area contributed by atoms with Crippen LogP contribution in [0.4, 0.5) is 0 Å². The monoisotopic (exact) mass is 363 g/mol. The van der Waals surface area contributed by atoms with Gasteiger partial charge in [-0.15, -0.1) is 0 Å². The molecule has 0 amide bonds. The van der Waals surface area contributed by atoms with Crippen molar-refractivity contribution in [1.29, 1.82) is 0 Å². The molecule has 0 radical (unpaired) electrons. The molecule has 1 aromatic carbocycles. The van der Waals surface area contributed by atoms with E-state index in [0.717, 1.165) is 10.0 Å². The van der Waals surface area contributed by atoms with E-state index in [1.807, 2.05) is 30.8 Å². The maximum absolute atomic E-state index is 12.7. The Balaban J connectivity index is 2.39. The van der Waals surface area contributed by atoms with Crippen LogP contribution in [0.25, 0.3) is 0 Å². The van der Waals surface area contributed by atoms with Gasteiger partial charge in [-0.3, -0.25) is 0 Å². The van der Waals surface area contributed by atoms with Crippen LogP contribution in [0.5, 0.6) is 0 Å². The maximum atomic E-state index is 12.7. The Morgan fingerprint density at radius 1 is 1.26 bits per heavy atom. The standard InChI is InChI=1S/C13H18BrNO2S2/c1-9-4-5-12(14)6-13(9)19(16,17)15-7-10(2)18-11(3)8-15/h4-6,10-11H,7-8H2,1-3H3. The van der Waals surface area contributed by atoms with Crippen molar-refractivity contribution in [3.05, 3.63) is 28.2 Å². The highest BCUT2D eigenvalue weighted by Crippen LogP contribution is 2.30. The molecule has 1 aromatic rings. The minimum absolute atomic E-state index is 0.339. The van der Waals surface area contributed by atoms with Gasteiger partial charge in [-0.05, 0) is 24.6 Å². The smallest absolute Gasteiger partial charge is 0.207 e. The van der Waals surface area contributed by atoms with Crippen molar-refractivity contribution in [2.45, 2.75) is 36.2 Å². The predicted octanol–water partition coefficient (Wildman–Crippen LogP) is 3.27. The molecule has 2 unspecified atom stereocenters. The normalized spacial score (nSPS) is 25.5. The molecule has 0 aliphatic carbocycles. The number of hydrogen-bond donors (Lipinski definition) is 0. The molecule has 2 rings (SSSR count). The van der Waals surface area contributed by atoms with E-state index in [-0.39, 0.29) is 0 Å². The van der Waals surface area contributed by atoms with Crippen LogP contribution < -0.4 is 0 Å². The number of thioether (sulfide) groups is 1. The fraction of sp³-hybridized carbons (Fsp3) is 0.538. The molecule has 106 valence electrons. The Hall–Kier alpha value is -0.0400. The van der Waals surface area contributed by atoms with Gasteiger partial charge < -0.3 is 0 Å². The summed E-state index contributed by atoms with van der Waals surface area (Å²) in [6.07, 6.45) is 0. The highest BCUT2D eigenvalue weighted by molar-refractivity contribution is 9.10. The maximum Gasteiger partial charge on any atom is 0.243 e. The highest BCUT2D eigenvalue weighted by atomic mass is 79.9. The van der Waals surface area contributed by atoms with E-state index in [2.05, 4.69) is 29.8 Å². The van der Waals surface area contributed by atoms with Crippen LogP contribution in [0, 0.1) is 6.92 Å². The third-order valence-corrected chi connectivity index (χ3v) is 6.85. The van der Waals surface area contributed by atoms with Crippen LogP contribution in [-0.2, 0) is 10.0 Å². The first-order valence-corrected chi connectivity index (χ1v) is 9.40. The van der Waals surface area contributed by atoms with Gasteiger partial charge >= 0.3 is 0 Å². The van der Waals surface area contributed by atoms with Gasteiger partial charge in [-0.2, -0.15) is 16.1 Å². The van der Waals surface area contributed by atoms with Crippen molar-refractivity contribution >= 4 is 37.7 Å². The molecule has 2 atom stereocenters. The third kappa shape index (κ3) is 3.35. The van der Waals surface area contributed by atoms with Gasteiger partial charge in [0.25, 0.3) is 0 Å². The highest BCUT2D eigenvalue weighted by Gasteiger charge is 2.32. The Morgan fingerprint density at radius 3 is 2.42 bits per heavy atom. The molecule has 1 aliphatic rings. The molecule has 0 bridgehead atoms. The number of nitrogens with zero attached hydrogens (tertiary/aromatic N) is 1. The van der Waals surface area contributed by atoms with Crippen LogP contribution in [0.1, 0.15) is 19.4 Å². The van der Waals surface area contributed by atoms with E-state index >= 15 is 0 Å². The minimum atomic E-state index is -3.39. The summed E-state index contributed by atoms with van der Waals surface area (Å²) in [6.45, 7) is 7.17. The third-order valence-electron chi connectivity index (χ3n) is 3.15. The molecule has 6 heteroatoms. The SMILES string of the molecule is Cc1ccc(Br)cc1S(=O)(=O)N1CC(C)SC(C)C1. The van der Waals surface area contributed by atoms with Crippen molar-refractivity contribution < 1.29 is 8.42 Å². The average Bonchev–Trinajstić information content (AvgIpc) is 2.31. The van der Waals surface area contributed by atoms with Crippen LogP contribution in [0.2, 0.25) is 0 Å². The summed E-state index contributed by atoms with van der Waals surface area (Å²) in [5.74, 6) is 0.